The number of hydrogen-bond donors (Lipinski definition) is 1. The SMILES string of the molecule is O=C(Nc1cc(F)c(=O)n(CC(F)F)c1)c1cc(C#Cc2cnc3n2CCOC3)c(Cl)s1. The van der Waals surface area contributed by atoms with Gasteiger partial charge in [-0.3, -0.25) is 9.59 Å². The van der Waals surface area contributed by atoms with Crippen LogP contribution in [0.3, 0.4) is 0 Å². The molecular formula is C20H14ClF3N4O3S. The molecule has 0 saturated heterocycles. The molecule has 3 aromatic rings. The normalized spacial score (nSPS) is 12.9. The number of thiophene rings is 1. The molecule has 166 valence electrons. The van der Waals surface area contributed by atoms with Crippen molar-refractivity contribution in [1.82, 2.24) is 14.1 Å². The highest BCUT2D eigenvalue weighted by Crippen LogP contribution is 2.28. The van der Waals surface area contributed by atoms with Gasteiger partial charge in [-0.2, -0.15) is 0 Å². The Morgan fingerprint density at radius 1 is 1.38 bits per heavy atom. The quantitative estimate of drug-likeness (QED) is 0.579. The highest BCUT2D eigenvalue weighted by Gasteiger charge is 2.17. The minimum Gasteiger partial charge on any atom is -0.372 e. The number of aromatic nitrogens is 3. The summed E-state index contributed by atoms with van der Waals surface area (Å²) in [6.45, 7) is 0.617. The summed E-state index contributed by atoms with van der Waals surface area (Å²) >= 11 is 7.16. The zero-order valence-corrected chi connectivity index (χ0v) is 17.8. The number of imidazole rings is 1. The summed E-state index contributed by atoms with van der Waals surface area (Å²) in [6, 6.07) is 2.24. The molecule has 0 aliphatic carbocycles. The number of nitrogens with one attached hydrogen (secondary N) is 1. The van der Waals surface area contributed by atoms with Crippen molar-refractivity contribution in [3.63, 3.8) is 0 Å². The number of amides is 1. The Kier molecular flexibility index (Phi) is 6.36. The van der Waals surface area contributed by atoms with E-state index in [0.717, 1.165) is 29.4 Å². The maximum Gasteiger partial charge on any atom is 0.286 e. The molecule has 1 aliphatic heterocycles. The maximum absolute atomic E-state index is 13.8. The van der Waals surface area contributed by atoms with Gasteiger partial charge in [-0.15, -0.1) is 11.3 Å². The fourth-order valence-corrected chi connectivity index (χ4v) is 4.12. The first kappa shape index (κ1) is 22.1. The largest absolute Gasteiger partial charge is 0.372 e. The Bertz CT molecular complexity index is 1310. The molecular weight excluding hydrogens is 469 g/mol. The van der Waals surface area contributed by atoms with Crippen molar-refractivity contribution in [2.45, 2.75) is 26.1 Å². The van der Waals surface area contributed by atoms with Gasteiger partial charge in [-0.05, 0) is 12.0 Å². The number of carbonyl (C=O) groups is 1. The van der Waals surface area contributed by atoms with E-state index >= 15 is 0 Å². The molecule has 4 heterocycles. The highest BCUT2D eigenvalue weighted by atomic mass is 35.5. The standard InChI is InChI=1S/C20H14ClF3N4O3S/c21-18-11(1-2-13-7-25-17-10-31-4-3-28(13)17)5-15(32-18)19(29)26-12-6-14(22)20(30)27(8-12)9-16(23)24/h5-8,16H,3-4,9-10H2,(H,26,29). The van der Waals surface area contributed by atoms with Crippen LogP contribution >= 0.6 is 22.9 Å². The minimum atomic E-state index is -2.86. The van der Waals surface area contributed by atoms with Crippen LogP contribution in [-0.4, -0.2) is 33.1 Å². The monoisotopic (exact) mass is 482 g/mol. The molecule has 0 spiro atoms. The predicted molar refractivity (Wildman–Crippen MR) is 112 cm³/mol. The van der Waals surface area contributed by atoms with Crippen molar-refractivity contribution in [3.05, 3.63) is 67.0 Å². The first-order valence-corrected chi connectivity index (χ1v) is 10.4. The Hall–Kier alpha value is -3.07. The average molecular weight is 483 g/mol. The molecule has 0 bridgehead atoms. The minimum absolute atomic E-state index is 0.141. The fourth-order valence-electron chi connectivity index (χ4n) is 3.04. The van der Waals surface area contributed by atoms with Gasteiger partial charge in [0.1, 0.15) is 22.5 Å². The highest BCUT2D eigenvalue weighted by molar-refractivity contribution is 7.18. The van der Waals surface area contributed by atoms with Gasteiger partial charge in [-0.1, -0.05) is 17.5 Å². The molecule has 32 heavy (non-hydrogen) atoms. The summed E-state index contributed by atoms with van der Waals surface area (Å²) in [5.74, 6) is 4.76. The van der Waals surface area contributed by atoms with Gasteiger partial charge in [0.2, 0.25) is 0 Å². The molecule has 0 aromatic carbocycles. The fraction of sp³-hybridized carbons (Fsp3) is 0.250. The van der Waals surface area contributed by atoms with Crippen LogP contribution in [0.1, 0.15) is 26.8 Å². The van der Waals surface area contributed by atoms with Crippen LogP contribution in [0, 0.1) is 17.7 Å². The van der Waals surface area contributed by atoms with E-state index in [1.807, 2.05) is 4.57 Å². The van der Waals surface area contributed by atoms with Crippen LogP contribution in [0.15, 0.2) is 29.3 Å². The number of ether oxygens (including phenoxy) is 1. The lowest BCUT2D eigenvalue weighted by Crippen LogP contribution is -2.26. The average Bonchev–Trinajstić information content (AvgIpc) is 3.33. The van der Waals surface area contributed by atoms with Crippen molar-refractivity contribution in [2.24, 2.45) is 0 Å². The number of fused-ring (bicyclic) bond motifs is 1. The molecule has 1 N–H and O–H groups in total. The molecule has 3 aromatic heterocycles. The number of carbonyl (C=O) groups excluding carboxylic acids is 1. The number of alkyl halides is 2. The number of anilines is 1. The second-order valence-corrected chi connectivity index (χ2v) is 8.35. The second kappa shape index (κ2) is 9.20. The van der Waals surface area contributed by atoms with Gasteiger partial charge in [0.05, 0.1) is 35.5 Å². The van der Waals surface area contributed by atoms with Crippen LogP contribution in [0.4, 0.5) is 18.9 Å². The summed E-state index contributed by atoms with van der Waals surface area (Å²) in [7, 11) is 0. The lowest BCUT2D eigenvalue weighted by Gasteiger charge is -2.14. The van der Waals surface area contributed by atoms with Crippen molar-refractivity contribution in [3.8, 4) is 11.8 Å². The molecule has 4 rings (SSSR count). The third-order valence-electron chi connectivity index (χ3n) is 4.50. The Labute approximate surface area is 188 Å². The third kappa shape index (κ3) is 4.72. The number of nitrogens with zero attached hydrogens (tertiary/aromatic N) is 3. The first-order valence-electron chi connectivity index (χ1n) is 9.25. The van der Waals surface area contributed by atoms with Crippen LogP contribution in [-0.2, 0) is 24.4 Å². The van der Waals surface area contributed by atoms with Gasteiger partial charge >= 0.3 is 0 Å². The zero-order valence-electron chi connectivity index (χ0n) is 16.2. The van der Waals surface area contributed by atoms with Gasteiger partial charge in [0, 0.05) is 18.8 Å². The van der Waals surface area contributed by atoms with Gasteiger partial charge < -0.3 is 19.2 Å². The Balaban J connectivity index is 1.54. The van der Waals surface area contributed by atoms with E-state index < -0.39 is 30.3 Å². The van der Waals surface area contributed by atoms with Crippen LogP contribution in [0.5, 0.6) is 0 Å². The first-order chi connectivity index (χ1) is 15.3. The molecule has 1 aliphatic rings. The predicted octanol–water partition coefficient (Wildman–Crippen LogP) is 3.35. The number of pyridine rings is 1. The summed E-state index contributed by atoms with van der Waals surface area (Å²) in [6.07, 6.45) is -0.268. The summed E-state index contributed by atoms with van der Waals surface area (Å²) in [5.41, 5.74) is -0.238. The lowest BCUT2D eigenvalue weighted by molar-refractivity contribution is 0.0813. The van der Waals surface area contributed by atoms with Crippen LogP contribution in [0.2, 0.25) is 4.34 Å². The molecule has 0 fully saturated rings. The summed E-state index contributed by atoms with van der Waals surface area (Å²) in [4.78, 5) is 28.6. The Morgan fingerprint density at radius 3 is 2.97 bits per heavy atom. The van der Waals surface area contributed by atoms with Crippen LogP contribution in [0.25, 0.3) is 0 Å². The number of hydrogen-bond acceptors (Lipinski definition) is 5. The molecule has 0 saturated carbocycles. The molecule has 0 unspecified atom stereocenters. The van der Waals surface area contributed by atoms with E-state index in [1.165, 1.54) is 6.07 Å². The lowest BCUT2D eigenvalue weighted by atomic mass is 10.3. The van der Waals surface area contributed by atoms with Gasteiger partial charge in [0.15, 0.2) is 5.82 Å². The topological polar surface area (TPSA) is 78.2 Å². The van der Waals surface area contributed by atoms with E-state index in [1.54, 1.807) is 6.20 Å². The Morgan fingerprint density at radius 2 is 2.19 bits per heavy atom. The van der Waals surface area contributed by atoms with Crippen molar-refractivity contribution >= 4 is 34.5 Å². The zero-order chi connectivity index (χ0) is 22.8. The van der Waals surface area contributed by atoms with E-state index in [4.69, 9.17) is 16.3 Å². The molecule has 0 atom stereocenters. The van der Waals surface area contributed by atoms with Crippen LogP contribution < -0.4 is 10.9 Å². The molecule has 1 amide bonds. The summed E-state index contributed by atoms with van der Waals surface area (Å²) < 4.78 is 47.0. The second-order valence-electron chi connectivity index (χ2n) is 6.69. The van der Waals surface area contributed by atoms with E-state index in [-0.39, 0.29) is 14.9 Å². The van der Waals surface area contributed by atoms with Crippen molar-refractivity contribution in [1.29, 1.82) is 0 Å². The smallest absolute Gasteiger partial charge is 0.286 e. The van der Waals surface area contributed by atoms with Gasteiger partial charge in [-0.25, -0.2) is 18.2 Å². The van der Waals surface area contributed by atoms with Crippen molar-refractivity contribution < 1.29 is 22.7 Å². The van der Waals surface area contributed by atoms with E-state index in [0.29, 0.717) is 35.6 Å². The number of rotatable bonds is 4. The third-order valence-corrected chi connectivity index (χ3v) is 5.86. The molecule has 12 heteroatoms. The van der Waals surface area contributed by atoms with E-state index in [9.17, 15) is 22.8 Å². The molecule has 7 nitrogen and oxygen atoms in total. The number of halogens is 4. The summed E-state index contributed by atoms with van der Waals surface area (Å²) in [5, 5.41) is 2.38. The van der Waals surface area contributed by atoms with Gasteiger partial charge in [0.25, 0.3) is 17.9 Å². The van der Waals surface area contributed by atoms with E-state index in [2.05, 4.69) is 22.1 Å². The maximum atomic E-state index is 13.8. The van der Waals surface area contributed by atoms with Crippen molar-refractivity contribution in [2.75, 3.05) is 11.9 Å². The molecule has 0 radical (unpaired) electrons.